The van der Waals surface area contributed by atoms with E-state index in [1.165, 1.54) is 24.3 Å². The fourth-order valence-electron chi connectivity index (χ4n) is 2.20. The van der Waals surface area contributed by atoms with Crippen LogP contribution in [0.5, 0.6) is 5.75 Å². The van der Waals surface area contributed by atoms with Crippen molar-refractivity contribution in [2.75, 3.05) is 0 Å². The van der Waals surface area contributed by atoms with Crippen LogP contribution >= 0.6 is 23.2 Å². The van der Waals surface area contributed by atoms with Gasteiger partial charge >= 0.3 is 0 Å². The lowest BCUT2D eigenvalue weighted by Crippen LogP contribution is -2.04. The SMILES string of the molecule is Cc1cc(C=C(C#N)S(=O)(=O)c2cc(Cl)ccc2Cl)cc(C)c1O. The minimum absolute atomic E-state index is 0.0152. The molecule has 0 aliphatic carbocycles. The minimum atomic E-state index is -4.12. The number of benzene rings is 2. The number of nitriles is 1. The van der Waals surface area contributed by atoms with Gasteiger partial charge in [0, 0.05) is 5.02 Å². The molecule has 0 aliphatic rings. The Morgan fingerprint density at radius 2 is 1.75 bits per heavy atom. The molecule has 2 aromatic carbocycles. The van der Waals surface area contributed by atoms with E-state index in [0.29, 0.717) is 16.7 Å². The third-order valence-electron chi connectivity index (χ3n) is 3.39. The molecule has 0 bridgehead atoms. The Kier molecular flexibility index (Phi) is 5.24. The van der Waals surface area contributed by atoms with Crippen molar-refractivity contribution in [2.24, 2.45) is 0 Å². The first-order valence-corrected chi connectivity index (χ1v) is 9.03. The highest BCUT2D eigenvalue weighted by atomic mass is 35.5. The zero-order valence-corrected chi connectivity index (χ0v) is 15.2. The van der Waals surface area contributed by atoms with Gasteiger partial charge in [0.25, 0.3) is 0 Å². The topological polar surface area (TPSA) is 78.2 Å². The third-order valence-corrected chi connectivity index (χ3v) is 5.78. The second-order valence-electron chi connectivity index (χ2n) is 5.20. The normalized spacial score (nSPS) is 12.0. The number of phenols is 1. The maximum atomic E-state index is 12.7. The van der Waals surface area contributed by atoms with Gasteiger partial charge in [-0.05, 0) is 66.9 Å². The van der Waals surface area contributed by atoms with E-state index >= 15 is 0 Å². The Hall–Kier alpha value is -2.00. The lowest BCUT2D eigenvalue weighted by Gasteiger charge is -2.08. The van der Waals surface area contributed by atoms with Crippen LogP contribution in [0.4, 0.5) is 0 Å². The van der Waals surface area contributed by atoms with Crippen molar-refractivity contribution in [3.05, 3.63) is 62.0 Å². The zero-order chi connectivity index (χ0) is 18.1. The molecular formula is C17H13Cl2NO3S. The smallest absolute Gasteiger partial charge is 0.218 e. The number of rotatable bonds is 3. The van der Waals surface area contributed by atoms with Gasteiger partial charge in [-0.15, -0.1) is 0 Å². The Morgan fingerprint density at radius 3 is 2.29 bits per heavy atom. The molecule has 2 rings (SSSR count). The van der Waals surface area contributed by atoms with Gasteiger partial charge in [0.05, 0.1) is 9.92 Å². The van der Waals surface area contributed by atoms with Crippen LogP contribution in [0, 0.1) is 25.2 Å². The molecule has 0 spiro atoms. The number of allylic oxidation sites excluding steroid dienone is 1. The summed E-state index contributed by atoms with van der Waals surface area (Å²) in [5.74, 6) is 0.131. The minimum Gasteiger partial charge on any atom is -0.507 e. The summed E-state index contributed by atoms with van der Waals surface area (Å²) in [4.78, 5) is -0.687. The fourth-order valence-corrected chi connectivity index (χ4v) is 4.11. The molecule has 0 saturated heterocycles. The quantitative estimate of drug-likeness (QED) is 0.784. The van der Waals surface area contributed by atoms with Gasteiger partial charge in [-0.3, -0.25) is 0 Å². The van der Waals surface area contributed by atoms with E-state index in [9.17, 15) is 18.8 Å². The summed E-state index contributed by atoms with van der Waals surface area (Å²) >= 11 is 11.8. The Morgan fingerprint density at radius 1 is 1.17 bits per heavy atom. The largest absolute Gasteiger partial charge is 0.507 e. The van der Waals surface area contributed by atoms with Crippen LogP contribution in [0.15, 0.2) is 40.1 Å². The molecule has 2 aromatic rings. The van der Waals surface area contributed by atoms with Gasteiger partial charge in [-0.25, -0.2) is 8.42 Å². The van der Waals surface area contributed by atoms with E-state index in [0.717, 1.165) is 0 Å². The summed E-state index contributed by atoms with van der Waals surface area (Å²) in [6, 6.07) is 8.91. The van der Waals surface area contributed by atoms with Gasteiger partial charge in [0.2, 0.25) is 9.84 Å². The van der Waals surface area contributed by atoms with Crippen LogP contribution in [0.25, 0.3) is 6.08 Å². The molecule has 0 aliphatic heterocycles. The molecule has 0 saturated carbocycles. The van der Waals surface area contributed by atoms with Crippen molar-refractivity contribution in [1.82, 2.24) is 0 Å². The fraction of sp³-hybridized carbons (Fsp3) is 0.118. The molecule has 124 valence electrons. The lowest BCUT2D eigenvalue weighted by molar-refractivity contribution is 0.467. The van der Waals surface area contributed by atoms with Crippen molar-refractivity contribution in [3.63, 3.8) is 0 Å². The van der Waals surface area contributed by atoms with Gasteiger partial charge in [-0.2, -0.15) is 5.26 Å². The highest BCUT2D eigenvalue weighted by Crippen LogP contribution is 2.31. The van der Waals surface area contributed by atoms with E-state index in [1.807, 2.05) is 0 Å². The van der Waals surface area contributed by atoms with Gasteiger partial charge in [-0.1, -0.05) is 23.2 Å². The van der Waals surface area contributed by atoms with E-state index in [4.69, 9.17) is 23.2 Å². The predicted molar refractivity (Wildman–Crippen MR) is 94.8 cm³/mol. The number of sulfone groups is 1. The van der Waals surface area contributed by atoms with Crippen molar-refractivity contribution in [3.8, 4) is 11.8 Å². The van der Waals surface area contributed by atoms with Crippen molar-refractivity contribution >= 4 is 39.1 Å². The first-order valence-electron chi connectivity index (χ1n) is 6.79. The first kappa shape index (κ1) is 18.3. The maximum absolute atomic E-state index is 12.7. The summed E-state index contributed by atoms with van der Waals surface area (Å²) in [7, 11) is -4.12. The number of hydrogen-bond acceptors (Lipinski definition) is 4. The number of phenolic OH excluding ortho intramolecular Hbond substituents is 1. The van der Waals surface area contributed by atoms with Crippen molar-refractivity contribution < 1.29 is 13.5 Å². The Bertz CT molecular complexity index is 966. The average molecular weight is 382 g/mol. The standard InChI is InChI=1S/C17H13Cl2NO3S/c1-10-5-12(6-11(2)17(10)21)7-14(9-20)24(22,23)16-8-13(18)3-4-15(16)19/h3-8,21H,1-2H3. The molecule has 0 heterocycles. The molecule has 0 unspecified atom stereocenters. The Balaban J connectivity index is 2.63. The summed E-state index contributed by atoms with van der Waals surface area (Å²) in [5, 5.41) is 19.3. The molecule has 0 radical (unpaired) electrons. The van der Waals surface area contributed by atoms with Crippen molar-refractivity contribution in [1.29, 1.82) is 5.26 Å². The number of nitrogens with zero attached hydrogens (tertiary/aromatic N) is 1. The monoisotopic (exact) mass is 381 g/mol. The molecule has 0 fully saturated rings. The van der Waals surface area contributed by atoms with E-state index < -0.39 is 14.7 Å². The molecule has 0 aromatic heterocycles. The first-order chi connectivity index (χ1) is 11.2. The highest BCUT2D eigenvalue weighted by molar-refractivity contribution is 7.95. The molecular weight excluding hydrogens is 369 g/mol. The van der Waals surface area contributed by atoms with Gasteiger partial charge in [0.15, 0.2) is 0 Å². The van der Waals surface area contributed by atoms with Crippen LogP contribution in [0.2, 0.25) is 10.0 Å². The van der Waals surface area contributed by atoms with Crippen molar-refractivity contribution in [2.45, 2.75) is 18.7 Å². The van der Waals surface area contributed by atoms with Crippen LogP contribution in [0.1, 0.15) is 16.7 Å². The van der Waals surface area contributed by atoms with Crippen LogP contribution < -0.4 is 0 Å². The number of aryl methyl sites for hydroxylation is 2. The van der Waals surface area contributed by atoms with Crippen LogP contribution in [-0.4, -0.2) is 13.5 Å². The third kappa shape index (κ3) is 3.57. The van der Waals surface area contributed by atoms with E-state index in [2.05, 4.69) is 0 Å². The molecule has 7 heteroatoms. The van der Waals surface area contributed by atoms with Gasteiger partial charge in [0.1, 0.15) is 16.7 Å². The summed E-state index contributed by atoms with van der Waals surface area (Å²) in [6.07, 6.45) is 1.24. The Labute approximate surface area is 150 Å². The molecule has 0 atom stereocenters. The molecule has 1 N–H and O–H groups in total. The molecule has 24 heavy (non-hydrogen) atoms. The van der Waals surface area contributed by atoms with Crippen LogP contribution in [0.3, 0.4) is 0 Å². The molecule has 0 amide bonds. The summed E-state index contributed by atoms with van der Waals surface area (Å²) < 4.78 is 25.4. The van der Waals surface area contributed by atoms with Crippen LogP contribution in [-0.2, 0) is 9.84 Å². The number of aromatic hydroxyl groups is 1. The number of hydrogen-bond donors (Lipinski definition) is 1. The summed E-state index contributed by atoms with van der Waals surface area (Å²) in [6.45, 7) is 3.38. The average Bonchev–Trinajstić information content (AvgIpc) is 2.52. The van der Waals surface area contributed by atoms with E-state index in [-0.39, 0.29) is 20.7 Å². The lowest BCUT2D eigenvalue weighted by atomic mass is 10.1. The summed E-state index contributed by atoms with van der Waals surface area (Å²) in [5.41, 5.74) is 1.65. The maximum Gasteiger partial charge on any atom is 0.218 e. The van der Waals surface area contributed by atoms with Gasteiger partial charge < -0.3 is 5.11 Å². The number of halogens is 2. The molecule has 4 nitrogen and oxygen atoms in total. The second kappa shape index (κ2) is 6.86. The van der Waals surface area contributed by atoms with E-state index in [1.54, 1.807) is 32.0 Å². The zero-order valence-electron chi connectivity index (χ0n) is 12.8. The second-order valence-corrected chi connectivity index (χ2v) is 7.93. The highest BCUT2D eigenvalue weighted by Gasteiger charge is 2.24. The predicted octanol–water partition coefficient (Wildman–Crippen LogP) is 4.65.